The molecule has 190 valence electrons. The van der Waals surface area contributed by atoms with Gasteiger partial charge in [-0.3, -0.25) is 29.4 Å². The molecular weight excluding hydrogens is 474 g/mol. The molecule has 4 rings (SSSR count). The van der Waals surface area contributed by atoms with E-state index in [4.69, 9.17) is 0 Å². The average molecular weight is 502 g/mol. The number of nitro groups is 1. The molecule has 0 aliphatic carbocycles. The van der Waals surface area contributed by atoms with Crippen LogP contribution in [0.4, 0.5) is 17.1 Å². The number of carbonyl (C=O) groups is 3. The van der Waals surface area contributed by atoms with Crippen molar-refractivity contribution in [1.82, 2.24) is 10.2 Å². The molecule has 1 aliphatic rings. The van der Waals surface area contributed by atoms with E-state index in [2.05, 4.69) is 10.6 Å². The van der Waals surface area contributed by atoms with Gasteiger partial charge in [0.05, 0.1) is 28.8 Å². The number of nitro benzene ring substituents is 1. The van der Waals surface area contributed by atoms with Crippen LogP contribution in [0.25, 0.3) is 0 Å². The Morgan fingerprint density at radius 3 is 2.54 bits per heavy atom. The van der Waals surface area contributed by atoms with Crippen LogP contribution in [-0.4, -0.2) is 54.7 Å². The minimum atomic E-state index is -0.672. The van der Waals surface area contributed by atoms with Crippen molar-refractivity contribution < 1.29 is 19.3 Å². The lowest BCUT2D eigenvalue weighted by atomic mass is 9.99. The van der Waals surface area contributed by atoms with E-state index in [0.717, 1.165) is 5.56 Å². The zero-order chi connectivity index (χ0) is 26.5. The van der Waals surface area contributed by atoms with Gasteiger partial charge in [-0.15, -0.1) is 0 Å². The van der Waals surface area contributed by atoms with Crippen molar-refractivity contribution in [3.05, 3.63) is 99.6 Å². The number of anilines is 2. The van der Waals surface area contributed by atoms with Crippen molar-refractivity contribution in [3.8, 4) is 0 Å². The second-order valence-corrected chi connectivity index (χ2v) is 8.72. The van der Waals surface area contributed by atoms with Crippen molar-refractivity contribution in [3.63, 3.8) is 0 Å². The maximum absolute atomic E-state index is 13.9. The minimum Gasteiger partial charge on any atom is -0.340 e. The highest BCUT2D eigenvalue weighted by molar-refractivity contribution is 6.12. The molecular formula is C27H27N5O5. The molecule has 1 heterocycles. The fourth-order valence-corrected chi connectivity index (χ4v) is 4.30. The smallest absolute Gasteiger partial charge is 0.270 e. The molecule has 0 saturated heterocycles. The van der Waals surface area contributed by atoms with E-state index in [1.54, 1.807) is 37.2 Å². The number of nitrogens with zero attached hydrogens (tertiary/aromatic N) is 3. The topological polar surface area (TPSA) is 125 Å². The summed E-state index contributed by atoms with van der Waals surface area (Å²) in [7, 11) is 3.49. The molecule has 3 amide bonds. The standard InChI is InChI=1S/C27H27N5O5/c1-28-13-14-30(2)26(34)20-11-12-23-22(16-20)29-25(33)17-24(18-7-4-3-5-8-18)31(23)27(35)19-9-6-10-21(15-19)32(36)37/h3-12,15-16,24,28H,13-14,17H2,1-2H3,(H,29,33). The first-order valence-corrected chi connectivity index (χ1v) is 11.8. The molecule has 0 aromatic heterocycles. The Hall–Kier alpha value is -4.57. The van der Waals surface area contributed by atoms with Crippen LogP contribution in [0.3, 0.4) is 0 Å². The molecule has 2 N–H and O–H groups in total. The lowest BCUT2D eigenvalue weighted by molar-refractivity contribution is -0.384. The number of hydrogen-bond donors (Lipinski definition) is 2. The molecule has 1 unspecified atom stereocenters. The molecule has 10 nitrogen and oxygen atoms in total. The second-order valence-electron chi connectivity index (χ2n) is 8.72. The van der Waals surface area contributed by atoms with Crippen LogP contribution in [0.2, 0.25) is 0 Å². The summed E-state index contributed by atoms with van der Waals surface area (Å²) in [6.07, 6.45) is -0.0370. The summed E-state index contributed by atoms with van der Waals surface area (Å²) in [5.41, 5.74) is 1.70. The molecule has 0 bridgehead atoms. The van der Waals surface area contributed by atoms with Gasteiger partial charge in [-0.25, -0.2) is 0 Å². The van der Waals surface area contributed by atoms with Crippen LogP contribution >= 0.6 is 0 Å². The summed E-state index contributed by atoms with van der Waals surface area (Å²) in [4.78, 5) is 53.7. The quantitative estimate of drug-likeness (QED) is 0.376. The normalized spacial score (nSPS) is 14.8. The van der Waals surface area contributed by atoms with Gasteiger partial charge in [0.1, 0.15) is 0 Å². The first-order chi connectivity index (χ1) is 17.8. The van der Waals surface area contributed by atoms with Crippen LogP contribution < -0.4 is 15.5 Å². The largest absolute Gasteiger partial charge is 0.340 e. The van der Waals surface area contributed by atoms with Gasteiger partial charge in [-0.1, -0.05) is 36.4 Å². The predicted octanol–water partition coefficient (Wildman–Crippen LogP) is 3.62. The molecule has 0 radical (unpaired) electrons. The van der Waals surface area contributed by atoms with Crippen LogP contribution in [0, 0.1) is 10.1 Å². The first-order valence-electron chi connectivity index (χ1n) is 11.8. The third kappa shape index (κ3) is 5.49. The highest BCUT2D eigenvalue weighted by atomic mass is 16.6. The number of fused-ring (bicyclic) bond motifs is 1. The number of carbonyl (C=O) groups excluding carboxylic acids is 3. The Kier molecular flexibility index (Phi) is 7.59. The third-order valence-electron chi connectivity index (χ3n) is 6.22. The Bertz CT molecular complexity index is 1340. The zero-order valence-electron chi connectivity index (χ0n) is 20.5. The van der Waals surface area contributed by atoms with Crippen molar-refractivity contribution in [2.45, 2.75) is 12.5 Å². The number of hydrogen-bond acceptors (Lipinski definition) is 6. The van der Waals surface area contributed by atoms with Crippen LogP contribution in [-0.2, 0) is 4.79 Å². The van der Waals surface area contributed by atoms with E-state index in [0.29, 0.717) is 30.0 Å². The predicted molar refractivity (Wildman–Crippen MR) is 140 cm³/mol. The monoisotopic (exact) mass is 501 g/mol. The summed E-state index contributed by atoms with van der Waals surface area (Å²) in [5, 5.41) is 17.2. The highest BCUT2D eigenvalue weighted by Crippen LogP contribution is 2.40. The molecule has 3 aromatic rings. The van der Waals surface area contributed by atoms with Gasteiger partial charge < -0.3 is 15.5 Å². The molecule has 1 atom stereocenters. The van der Waals surface area contributed by atoms with Crippen molar-refractivity contribution in [2.75, 3.05) is 37.4 Å². The lowest BCUT2D eigenvalue weighted by Crippen LogP contribution is -2.35. The summed E-state index contributed by atoms with van der Waals surface area (Å²) in [5.74, 6) is -1.05. The van der Waals surface area contributed by atoms with Crippen LogP contribution in [0.1, 0.15) is 38.7 Å². The summed E-state index contributed by atoms with van der Waals surface area (Å²) in [6, 6.07) is 18.7. The first kappa shape index (κ1) is 25.5. The van der Waals surface area contributed by atoms with E-state index in [-0.39, 0.29) is 29.5 Å². The van der Waals surface area contributed by atoms with E-state index in [1.807, 2.05) is 30.3 Å². The van der Waals surface area contributed by atoms with E-state index >= 15 is 0 Å². The molecule has 0 saturated carbocycles. The van der Waals surface area contributed by atoms with Crippen LogP contribution in [0.15, 0.2) is 72.8 Å². The maximum Gasteiger partial charge on any atom is 0.270 e. The molecule has 3 aromatic carbocycles. The Morgan fingerprint density at radius 2 is 1.84 bits per heavy atom. The van der Waals surface area contributed by atoms with Gasteiger partial charge >= 0.3 is 0 Å². The average Bonchev–Trinajstić information content (AvgIpc) is 3.06. The number of rotatable bonds is 7. The number of benzene rings is 3. The Morgan fingerprint density at radius 1 is 1.08 bits per heavy atom. The van der Waals surface area contributed by atoms with Gasteiger partial charge in [0, 0.05) is 43.4 Å². The number of amides is 3. The summed E-state index contributed by atoms with van der Waals surface area (Å²) < 4.78 is 0. The van der Waals surface area contributed by atoms with Gasteiger partial charge in [0.2, 0.25) is 5.91 Å². The lowest BCUT2D eigenvalue weighted by Gasteiger charge is -2.31. The Balaban J connectivity index is 1.82. The van der Waals surface area contributed by atoms with Gasteiger partial charge in [0.15, 0.2) is 0 Å². The van der Waals surface area contributed by atoms with E-state index in [1.165, 1.54) is 29.2 Å². The van der Waals surface area contributed by atoms with Gasteiger partial charge in [0.25, 0.3) is 17.5 Å². The van der Waals surface area contributed by atoms with E-state index in [9.17, 15) is 24.5 Å². The number of nitrogens with one attached hydrogen (secondary N) is 2. The fourth-order valence-electron chi connectivity index (χ4n) is 4.30. The SMILES string of the molecule is CNCCN(C)C(=O)c1ccc2c(c1)NC(=O)CC(c1ccccc1)N2C(=O)c1cccc([N+](=O)[O-])c1. The molecule has 1 aliphatic heterocycles. The van der Waals surface area contributed by atoms with E-state index < -0.39 is 16.9 Å². The molecule has 10 heteroatoms. The number of likely N-dealkylation sites (N-methyl/N-ethyl adjacent to an activating group) is 2. The third-order valence-corrected chi connectivity index (χ3v) is 6.22. The Labute approximate surface area is 214 Å². The summed E-state index contributed by atoms with van der Waals surface area (Å²) >= 11 is 0. The van der Waals surface area contributed by atoms with Crippen LogP contribution in [0.5, 0.6) is 0 Å². The molecule has 37 heavy (non-hydrogen) atoms. The summed E-state index contributed by atoms with van der Waals surface area (Å²) in [6.45, 7) is 1.11. The minimum absolute atomic E-state index is 0.0370. The molecule has 0 spiro atoms. The second kappa shape index (κ2) is 11.0. The van der Waals surface area contributed by atoms with Gasteiger partial charge in [-0.05, 0) is 36.9 Å². The zero-order valence-corrected chi connectivity index (χ0v) is 20.5. The van der Waals surface area contributed by atoms with Crippen molar-refractivity contribution in [2.24, 2.45) is 0 Å². The number of non-ortho nitro benzene ring substituents is 1. The highest BCUT2D eigenvalue weighted by Gasteiger charge is 2.35. The fraction of sp³-hybridized carbons (Fsp3) is 0.222. The van der Waals surface area contributed by atoms with Crippen molar-refractivity contribution >= 4 is 34.8 Å². The molecule has 0 fully saturated rings. The van der Waals surface area contributed by atoms with Crippen molar-refractivity contribution in [1.29, 1.82) is 0 Å². The van der Waals surface area contributed by atoms with Gasteiger partial charge in [-0.2, -0.15) is 0 Å². The maximum atomic E-state index is 13.9.